The van der Waals surface area contributed by atoms with Crippen molar-refractivity contribution in [3.63, 3.8) is 0 Å². The van der Waals surface area contributed by atoms with Crippen LogP contribution >= 0.6 is 0 Å². The number of hydrogen-bond acceptors (Lipinski definition) is 4. The van der Waals surface area contributed by atoms with Gasteiger partial charge in [0.25, 0.3) is 0 Å². The van der Waals surface area contributed by atoms with Gasteiger partial charge in [-0.15, -0.1) is 0 Å². The van der Waals surface area contributed by atoms with E-state index >= 15 is 0 Å². The van der Waals surface area contributed by atoms with E-state index in [-0.39, 0.29) is 23.8 Å². The number of nitrogens with one attached hydrogen (secondary N) is 1. The van der Waals surface area contributed by atoms with Crippen molar-refractivity contribution in [3.05, 3.63) is 0 Å². The van der Waals surface area contributed by atoms with Crippen molar-refractivity contribution in [2.75, 3.05) is 26.7 Å². The van der Waals surface area contributed by atoms with E-state index in [1.807, 2.05) is 4.90 Å². The Morgan fingerprint density at radius 1 is 1.56 bits per heavy atom. The molecule has 2 atom stereocenters. The fourth-order valence-corrected chi connectivity index (χ4v) is 2.51. The van der Waals surface area contributed by atoms with Crippen molar-refractivity contribution in [3.8, 4) is 0 Å². The second kappa shape index (κ2) is 4.82. The highest BCUT2D eigenvalue weighted by Crippen LogP contribution is 2.23. The van der Waals surface area contributed by atoms with E-state index in [0.717, 1.165) is 25.9 Å². The molecule has 0 unspecified atom stereocenters. The van der Waals surface area contributed by atoms with E-state index in [1.54, 1.807) is 0 Å². The quantitative estimate of drug-likeness (QED) is 0.660. The first-order valence-electron chi connectivity index (χ1n) is 5.80. The lowest BCUT2D eigenvalue weighted by atomic mass is 10.1. The number of likely N-dealkylation sites (tertiary alicyclic amines) is 1. The van der Waals surface area contributed by atoms with Crippen molar-refractivity contribution in [2.45, 2.75) is 25.3 Å². The van der Waals surface area contributed by atoms with E-state index < -0.39 is 0 Å². The van der Waals surface area contributed by atoms with Crippen molar-refractivity contribution in [1.82, 2.24) is 10.2 Å². The summed E-state index contributed by atoms with van der Waals surface area (Å²) in [4.78, 5) is 25.0. The molecule has 0 aromatic rings. The number of amides is 1. The second-order valence-electron chi connectivity index (χ2n) is 4.47. The highest BCUT2D eigenvalue weighted by molar-refractivity contribution is 5.87. The summed E-state index contributed by atoms with van der Waals surface area (Å²) in [5.41, 5.74) is 0. The highest BCUT2D eigenvalue weighted by atomic mass is 16.5. The van der Waals surface area contributed by atoms with Crippen LogP contribution in [0.15, 0.2) is 0 Å². The SMILES string of the molecule is COC(=O)[C@H]1CC(=O)N([C@H]2CCCNC2)C1. The molecule has 0 spiro atoms. The van der Waals surface area contributed by atoms with Gasteiger partial charge in [0.15, 0.2) is 0 Å². The summed E-state index contributed by atoms with van der Waals surface area (Å²) < 4.78 is 4.68. The van der Waals surface area contributed by atoms with Crippen LogP contribution in [0.5, 0.6) is 0 Å². The molecule has 0 aromatic carbocycles. The number of carbonyl (C=O) groups excluding carboxylic acids is 2. The normalized spacial score (nSPS) is 30.6. The topological polar surface area (TPSA) is 58.6 Å². The Kier molecular flexibility index (Phi) is 3.43. The van der Waals surface area contributed by atoms with Gasteiger partial charge in [-0.05, 0) is 19.4 Å². The molecule has 2 rings (SSSR count). The molecular weight excluding hydrogens is 208 g/mol. The van der Waals surface area contributed by atoms with Crippen molar-refractivity contribution in [2.24, 2.45) is 5.92 Å². The molecule has 0 aromatic heterocycles. The zero-order valence-corrected chi connectivity index (χ0v) is 9.57. The fourth-order valence-electron chi connectivity index (χ4n) is 2.51. The summed E-state index contributed by atoms with van der Waals surface area (Å²) in [6.45, 7) is 2.40. The number of nitrogens with zero attached hydrogens (tertiary/aromatic N) is 1. The number of esters is 1. The molecule has 0 bridgehead atoms. The molecule has 2 aliphatic rings. The minimum atomic E-state index is -0.264. The summed E-state index contributed by atoms with van der Waals surface area (Å²) in [6, 6.07) is 0.260. The van der Waals surface area contributed by atoms with E-state index in [0.29, 0.717) is 13.0 Å². The molecule has 2 aliphatic heterocycles. The molecule has 2 saturated heterocycles. The van der Waals surface area contributed by atoms with Gasteiger partial charge in [-0.3, -0.25) is 9.59 Å². The molecule has 90 valence electrons. The molecule has 1 N–H and O–H groups in total. The third kappa shape index (κ3) is 2.19. The van der Waals surface area contributed by atoms with Gasteiger partial charge in [0, 0.05) is 25.6 Å². The average molecular weight is 226 g/mol. The van der Waals surface area contributed by atoms with Crippen LogP contribution in [0.3, 0.4) is 0 Å². The van der Waals surface area contributed by atoms with Crippen molar-refractivity contribution in [1.29, 1.82) is 0 Å². The second-order valence-corrected chi connectivity index (χ2v) is 4.47. The summed E-state index contributed by atoms with van der Waals surface area (Å²) in [6.07, 6.45) is 2.44. The summed E-state index contributed by atoms with van der Waals surface area (Å²) in [7, 11) is 1.37. The van der Waals surface area contributed by atoms with Crippen LogP contribution < -0.4 is 5.32 Å². The maximum absolute atomic E-state index is 11.8. The van der Waals surface area contributed by atoms with Crippen molar-refractivity contribution >= 4 is 11.9 Å². The van der Waals surface area contributed by atoms with Gasteiger partial charge in [0.05, 0.1) is 13.0 Å². The largest absolute Gasteiger partial charge is 0.469 e. The lowest BCUT2D eigenvalue weighted by Gasteiger charge is -2.31. The first-order chi connectivity index (χ1) is 7.72. The molecule has 5 heteroatoms. The van der Waals surface area contributed by atoms with E-state index in [2.05, 4.69) is 10.1 Å². The highest BCUT2D eigenvalue weighted by Gasteiger charge is 2.38. The fraction of sp³-hybridized carbons (Fsp3) is 0.818. The summed E-state index contributed by atoms with van der Waals surface area (Å²) >= 11 is 0. The Bertz CT molecular complexity index is 287. The zero-order chi connectivity index (χ0) is 11.5. The number of ether oxygens (including phenoxy) is 1. The molecule has 1 amide bonds. The van der Waals surface area contributed by atoms with Gasteiger partial charge in [0.2, 0.25) is 5.91 Å². The van der Waals surface area contributed by atoms with Crippen molar-refractivity contribution < 1.29 is 14.3 Å². The third-order valence-corrected chi connectivity index (χ3v) is 3.40. The van der Waals surface area contributed by atoms with Crippen LogP contribution in [0.4, 0.5) is 0 Å². The molecule has 16 heavy (non-hydrogen) atoms. The first kappa shape index (κ1) is 11.4. The minimum Gasteiger partial charge on any atom is -0.469 e. The van der Waals surface area contributed by atoms with Crippen LogP contribution in [0.2, 0.25) is 0 Å². The first-order valence-corrected chi connectivity index (χ1v) is 5.80. The molecule has 2 heterocycles. The maximum atomic E-state index is 11.8. The third-order valence-electron chi connectivity index (χ3n) is 3.40. The van der Waals surface area contributed by atoms with Crippen LogP contribution in [0.1, 0.15) is 19.3 Å². The standard InChI is InChI=1S/C11H18N2O3/c1-16-11(15)8-5-10(14)13(7-8)9-3-2-4-12-6-9/h8-9,12H,2-7H2,1H3/t8-,9-/m0/s1. The lowest BCUT2D eigenvalue weighted by molar-refractivity contribution is -0.145. The monoisotopic (exact) mass is 226 g/mol. The van der Waals surface area contributed by atoms with Crippen LogP contribution in [-0.4, -0.2) is 49.6 Å². The number of hydrogen-bond donors (Lipinski definition) is 1. The Balaban J connectivity index is 1.96. The molecule has 0 saturated carbocycles. The molecular formula is C11H18N2O3. The van der Waals surface area contributed by atoms with Gasteiger partial charge in [-0.25, -0.2) is 0 Å². The number of methoxy groups -OCH3 is 1. The zero-order valence-electron chi connectivity index (χ0n) is 9.57. The maximum Gasteiger partial charge on any atom is 0.310 e. The van der Waals surface area contributed by atoms with Gasteiger partial charge in [-0.2, -0.15) is 0 Å². The lowest BCUT2D eigenvalue weighted by Crippen LogP contribution is -2.46. The summed E-state index contributed by atoms with van der Waals surface area (Å²) in [5.74, 6) is -0.442. The molecule has 2 fully saturated rings. The van der Waals surface area contributed by atoms with Gasteiger partial charge in [-0.1, -0.05) is 0 Å². The molecule has 5 nitrogen and oxygen atoms in total. The predicted octanol–water partition coefficient (Wildman–Crippen LogP) is -0.240. The molecule has 0 radical (unpaired) electrons. The predicted molar refractivity (Wildman–Crippen MR) is 57.7 cm³/mol. The Labute approximate surface area is 95.1 Å². The van der Waals surface area contributed by atoms with E-state index in [4.69, 9.17) is 0 Å². The number of rotatable bonds is 2. The molecule has 0 aliphatic carbocycles. The minimum absolute atomic E-state index is 0.0871. The Morgan fingerprint density at radius 2 is 2.38 bits per heavy atom. The van der Waals surface area contributed by atoms with Crippen LogP contribution in [-0.2, 0) is 14.3 Å². The average Bonchev–Trinajstić information content (AvgIpc) is 2.71. The Morgan fingerprint density at radius 3 is 3.00 bits per heavy atom. The number of piperidine rings is 1. The smallest absolute Gasteiger partial charge is 0.310 e. The Hall–Kier alpha value is -1.10. The van der Waals surface area contributed by atoms with Gasteiger partial charge in [0.1, 0.15) is 0 Å². The van der Waals surface area contributed by atoms with Gasteiger partial charge >= 0.3 is 5.97 Å². The van der Waals surface area contributed by atoms with Gasteiger partial charge < -0.3 is 15.0 Å². The van der Waals surface area contributed by atoms with E-state index in [1.165, 1.54) is 7.11 Å². The van der Waals surface area contributed by atoms with Crippen LogP contribution in [0.25, 0.3) is 0 Å². The summed E-state index contributed by atoms with van der Waals surface area (Å²) in [5, 5.41) is 3.28. The van der Waals surface area contributed by atoms with E-state index in [9.17, 15) is 9.59 Å². The van der Waals surface area contributed by atoms with Crippen LogP contribution in [0, 0.1) is 5.92 Å². The number of carbonyl (C=O) groups is 2.